The fourth-order valence-corrected chi connectivity index (χ4v) is 8.31. The lowest BCUT2D eigenvalue weighted by molar-refractivity contribution is -0.305. The van der Waals surface area contributed by atoms with Crippen molar-refractivity contribution in [3.05, 3.63) is 48.6 Å². The molecule has 6 atom stereocenters. The van der Waals surface area contributed by atoms with Crippen molar-refractivity contribution < 1.29 is 44.2 Å². The molecule has 0 aliphatic carbocycles. The third kappa shape index (κ3) is 37.8. The number of aliphatic hydroxyl groups is 4. The van der Waals surface area contributed by atoms with Gasteiger partial charge in [-0.2, -0.15) is 0 Å². The fraction of sp³-hybridized carbons (Fsp3) is 0.839. The van der Waals surface area contributed by atoms with Crippen LogP contribution in [0.4, 0.5) is 0 Å². The summed E-state index contributed by atoms with van der Waals surface area (Å²) in [6.45, 7) is 4.49. The Morgan fingerprint density at radius 2 is 0.938 bits per heavy atom. The zero-order chi connectivity index (χ0) is 47.1. The number of hydrogen-bond acceptors (Lipinski definition) is 9. The van der Waals surface area contributed by atoms with E-state index in [4.69, 9.17) is 18.9 Å². The molecule has 9 nitrogen and oxygen atoms in total. The largest absolute Gasteiger partial charge is 0.457 e. The Morgan fingerprint density at radius 3 is 1.42 bits per heavy atom. The van der Waals surface area contributed by atoms with E-state index in [1.807, 2.05) is 0 Å². The molecule has 6 unspecified atom stereocenters. The molecule has 0 aromatic carbocycles. The minimum atomic E-state index is -1.54. The Hall–Kier alpha value is -1.85. The Balaban J connectivity index is 2.16. The zero-order valence-corrected chi connectivity index (χ0v) is 42.0. The molecule has 1 aliphatic heterocycles. The average molecular weight is 919 g/mol. The van der Waals surface area contributed by atoms with E-state index in [9.17, 15) is 25.2 Å². The second kappa shape index (κ2) is 47.2. The molecule has 0 saturated carbocycles. The van der Waals surface area contributed by atoms with E-state index in [1.54, 1.807) is 0 Å². The van der Waals surface area contributed by atoms with Crippen LogP contribution >= 0.6 is 0 Å². The summed E-state index contributed by atoms with van der Waals surface area (Å²) in [5.41, 5.74) is 0. The minimum Gasteiger partial charge on any atom is -0.457 e. The number of aliphatic hydroxyl groups excluding tert-OH is 4. The average Bonchev–Trinajstić information content (AvgIpc) is 3.31. The lowest BCUT2D eigenvalue weighted by Gasteiger charge is -2.39. The summed E-state index contributed by atoms with van der Waals surface area (Å²) in [6, 6.07) is 0. The van der Waals surface area contributed by atoms with E-state index in [2.05, 4.69) is 62.5 Å². The number of ether oxygens (including phenoxy) is 4. The molecule has 0 aromatic rings. The normalized spacial score (nSPS) is 19.8. The summed E-state index contributed by atoms with van der Waals surface area (Å²) >= 11 is 0. The minimum absolute atomic E-state index is 0.112. The van der Waals surface area contributed by atoms with Gasteiger partial charge in [0, 0.05) is 13.0 Å². The van der Waals surface area contributed by atoms with Crippen molar-refractivity contribution >= 4 is 5.97 Å². The van der Waals surface area contributed by atoms with Gasteiger partial charge in [0.25, 0.3) is 0 Å². The molecule has 1 heterocycles. The smallest absolute Gasteiger partial charge is 0.306 e. The van der Waals surface area contributed by atoms with Crippen molar-refractivity contribution in [3.8, 4) is 0 Å². The molecule has 0 spiro atoms. The number of carbonyl (C=O) groups excluding carboxylic acids is 1. The molecule has 1 fully saturated rings. The number of unbranched alkanes of at least 4 members (excludes halogenated alkanes) is 28. The van der Waals surface area contributed by atoms with E-state index in [0.717, 1.165) is 57.8 Å². The highest BCUT2D eigenvalue weighted by molar-refractivity contribution is 5.69. The van der Waals surface area contributed by atoms with Crippen LogP contribution in [0.25, 0.3) is 0 Å². The van der Waals surface area contributed by atoms with Gasteiger partial charge in [-0.1, -0.05) is 229 Å². The van der Waals surface area contributed by atoms with Crippen LogP contribution in [0.1, 0.15) is 239 Å². The van der Waals surface area contributed by atoms with Crippen LogP contribution < -0.4 is 0 Å². The molecule has 65 heavy (non-hydrogen) atoms. The van der Waals surface area contributed by atoms with Gasteiger partial charge < -0.3 is 39.4 Å². The maximum Gasteiger partial charge on any atom is 0.306 e. The van der Waals surface area contributed by atoms with E-state index in [0.29, 0.717) is 13.0 Å². The molecule has 0 bridgehead atoms. The standard InChI is InChI=1S/C56H102O9/c1-3-5-7-9-11-13-15-17-19-21-22-23-24-25-26-27-28-29-31-33-35-37-39-41-43-45-52(58)64-50(49-63-56-55(61)54(60)53(59)51(47-57)65-56)48-62-46-44-42-40-38-36-34-32-30-20-18-16-14-12-10-8-6-4-2/h5,7,11,13,17,19,22-23,50-51,53-57,59-61H,3-4,6,8-10,12,14-16,18,20-21,24-49H2,1-2H3/b7-5-,13-11-,19-17-,23-22-. The summed E-state index contributed by atoms with van der Waals surface area (Å²) in [7, 11) is 0. The summed E-state index contributed by atoms with van der Waals surface area (Å²) in [4.78, 5) is 12.9. The van der Waals surface area contributed by atoms with Crippen LogP contribution in [-0.2, 0) is 23.7 Å². The highest BCUT2D eigenvalue weighted by atomic mass is 16.7. The Kier molecular flexibility index (Phi) is 44.4. The number of allylic oxidation sites excluding steroid dienone is 8. The van der Waals surface area contributed by atoms with Crippen LogP contribution in [0.5, 0.6) is 0 Å². The van der Waals surface area contributed by atoms with Gasteiger partial charge in [0.05, 0.1) is 19.8 Å². The molecular formula is C56H102O9. The van der Waals surface area contributed by atoms with Gasteiger partial charge >= 0.3 is 5.97 Å². The molecule has 0 aromatic heterocycles. The van der Waals surface area contributed by atoms with Gasteiger partial charge in [0.15, 0.2) is 6.29 Å². The number of hydrogen-bond donors (Lipinski definition) is 4. The lowest BCUT2D eigenvalue weighted by Crippen LogP contribution is -2.59. The van der Waals surface area contributed by atoms with Crippen molar-refractivity contribution in [3.63, 3.8) is 0 Å². The second-order valence-electron chi connectivity index (χ2n) is 18.7. The van der Waals surface area contributed by atoms with Crippen LogP contribution in [0.2, 0.25) is 0 Å². The highest BCUT2D eigenvalue weighted by Crippen LogP contribution is 2.23. The van der Waals surface area contributed by atoms with Crippen molar-refractivity contribution in [1.29, 1.82) is 0 Å². The van der Waals surface area contributed by atoms with Crippen LogP contribution in [-0.4, -0.2) is 89.6 Å². The van der Waals surface area contributed by atoms with Crippen LogP contribution in [0, 0.1) is 0 Å². The zero-order valence-electron chi connectivity index (χ0n) is 42.0. The monoisotopic (exact) mass is 919 g/mol. The van der Waals surface area contributed by atoms with Crippen molar-refractivity contribution in [2.24, 2.45) is 0 Å². The van der Waals surface area contributed by atoms with Gasteiger partial charge in [0.2, 0.25) is 0 Å². The number of rotatable bonds is 47. The Labute approximate surface area is 399 Å². The third-order valence-electron chi connectivity index (χ3n) is 12.5. The highest BCUT2D eigenvalue weighted by Gasteiger charge is 2.44. The Bertz CT molecular complexity index is 1140. The number of esters is 1. The van der Waals surface area contributed by atoms with Crippen LogP contribution in [0.3, 0.4) is 0 Å². The van der Waals surface area contributed by atoms with Crippen molar-refractivity contribution in [1.82, 2.24) is 0 Å². The van der Waals surface area contributed by atoms with Gasteiger partial charge in [-0.3, -0.25) is 4.79 Å². The Morgan fingerprint density at radius 1 is 0.508 bits per heavy atom. The molecule has 1 rings (SSSR count). The molecule has 0 radical (unpaired) electrons. The second-order valence-corrected chi connectivity index (χ2v) is 18.7. The van der Waals surface area contributed by atoms with E-state index < -0.39 is 43.4 Å². The molecule has 9 heteroatoms. The first-order chi connectivity index (χ1) is 31.9. The maximum absolute atomic E-state index is 12.9. The summed E-state index contributed by atoms with van der Waals surface area (Å²) in [6.07, 6.45) is 52.9. The molecule has 0 amide bonds. The van der Waals surface area contributed by atoms with Crippen molar-refractivity contribution in [2.45, 2.75) is 275 Å². The molecule has 4 N–H and O–H groups in total. The SMILES string of the molecule is CC/C=C\C/C=C\C/C=C\C/C=C\CCCCCCCCCCCCCCC(=O)OC(COCCCCCCCCCCCCCCCCCCC)COC1OC(CO)C(O)C(O)C1O. The first-order valence-electron chi connectivity index (χ1n) is 27.2. The predicted octanol–water partition coefficient (Wildman–Crippen LogP) is 13.6. The quantitative estimate of drug-likeness (QED) is 0.0267. The molecular weight excluding hydrogens is 817 g/mol. The predicted molar refractivity (Wildman–Crippen MR) is 270 cm³/mol. The fourth-order valence-electron chi connectivity index (χ4n) is 8.31. The van der Waals surface area contributed by atoms with Gasteiger partial charge in [-0.25, -0.2) is 0 Å². The summed E-state index contributed by atoms with van der Waals surface area (Å²) in [5.74, 6) is -0.313. The van der Waals surface area contributed by atoms with E-state index in [-0.39, 0.29) is 19.2 Å². The topological polar surface area (TPSA) is 135 Å². The lowest BCUT2D eigenvalue weighted by atomic mass is 9.99. The van der Waals surface area contributed by atoms with E-state index >= 15 is 0 Å². The van der Waals surface area contributed by atoms with Gasteiger partial charge in [0.1, 0.15) is 30.5 Å². The first-order valence-corrected chi connectivity index (χ1v) is 27.2. The molecule has 380 valence electrons. The van der Waals surface area contributed by atoms with Gasteiger partial charge in [-0.05, 0) is 51.4 Å². The van der Waals surface area contributed by atoms with Crippen LogP contribution in [0.15, 0.2) is 48.6 Å². The molecule has 1 saturated heterocycles. The number of carbonyl (C=O) groups is 1. The first kappa shape index (κ1) is 61.2. The summed E-state index contributed by atoms with van der Waals surface area (Å²) in [5, 5.41) is 40.3. The van der Waals surface area contributed by atoms with Gasteiger partial charge in [-0.15, -0.1) is 0 Å². The maximum atomic E-state index is 12.9. The third-order valence-corrected chi connectivity index (χ3v) is 12.5. The summed E-state index contributed by atoms with van der Waals surface area (Å²) < 4.78 is 22.9. The molecule has 1 aliphatic rings. The van der Waals surface area contributed by atoms with Crippen molar-refractivity contribution in [2.75, 3.05) is 26.4 Å². The van der Waals surface area contributed by atoms with E-state index in [1.165, 1.54) is 161 Å².